The van der Waals surface area contributed by atoms with Crippen molar-refractivity contribution in [1.29, 1.82) is 0 Å². The van der Waals surface area contributed by atoms with Crippen LogP contribution < -0.4 is 10.6 Å². The molecule has 0 spiro atoms. The quantitative estimate of drug-likeness (QED) is 0.854. The summed E-state index contributed by atoms with van der Waals surface area (Å²) in [7, 11) is 0. The summed E-state index contributed by atoms with van der Waals surface area (Å²) in [6.07, 6.45) is 1.29. The summed E-state index contributed by atoms with van der Waals surface area (Å²) in [5.41, 5.74) is 0.353. The molecule has 1 aliphatic rings. The second-order valence-electron chi connectivity index (χ2n) is 6.38. The number of urea groups is 1. The maximum Gasteiger partial charge on any atom is 0.322 e. The lowest BCUT2D eigenvalue weighted by Crippen LogP contribution is -2.45. The third-order valence-corrected chi connectivity index (χ3v) is 5.20. The molecule has 0 radical (unpaired) electrons. The Balaban J connectivity index is 1.64. The normalized spacial score (nSPS) is 16.8. The molecule has 1 aromatic heterocycles. The minimum Gasteiger partial charge on any atom is -0.312 e. The Bertz CT molecular complexity index is 810. The Labute approximate surface area is 154 Å². The molecule has 3 rings (SSSR count). The minimum absolute atomic E-state index is 0.234. The average molecular weight is 377 g/mol. The lowest BCUT2D eigenvalue weighted by Gasteiger charge is -2.23. The lowest BCUT2D eigenvalue weighted by atomic mass is 10.2. The predicted octanol–water partition coefficient (Wildman–Crippen LogP) is 3.44. The first-order chi connectivity index (χ1) is 12.4. The Morgan fingerprint density at radius 2 is 2.12 bits per heavy atom. The van der Waals surface area contributed by atoms with Gasteiger partial charge < -0.3 is 10.2 Å². The molecule has 3 amide bonds. The summed E-state index contributed by atoms with van der Waals surface area (Å²) in [5.74, 6) is -0.489. The van der Waals surface area contributed by atoms with Gasteiger partial charge in [0, 0.05) is 18.2 Å². The Kier molecular flexibility index (Phi) is 5.46. The third-order valence-electron chi connectivity index (χ3n) is 4.06. The number of carbonyl (C=O) groups excluding carboxylic acids is 2. The summed E-state index contributed by atoms with van der Waals surface area (Å²) in [6.45, 7) is 4.47. The Morgan fingerprint density at radius 3 is 2.81 bits per heavy atom. The van der Waals surface area contributed by atoms with E-state index in [1.165, 1.54) is 34.4 Å². The molecular formula is C17H20FN5O2S. The fraction of sp³-hybridized carbons (Fsp3) is 0.412. The molecule has 0 bridgehead atoms. The van der Waals surface area contributed by atoms with Gasteiger partial charge in [-0.2, -0.15) is 0 Å². The van der Waals surface area contributed by atoms with Gasteiger partial charge >= 0.3 is 6.03 Å². The van der Waals surface area contributed by atoms with E-state index in [-0.39, 0.29) is 11.8 Å². The summed E-state index contributed by atoms with van der Waals surface area (Å²) in [6, 6.07) is 4.64. The van der Waals surface area contributed by atoms with Crippen molar-refractivity contribution in [3.05, 3.63) is 35.1 Å². The predicted molar refractivity (Wildman–Crippen MR) is 97.8 cm³/mol. The molecule has 1 fully saturated rings. The van der Waals surface area contributed by atoms with Crippen molar-refractivity contribution in [2.75, 3.05) is 17.2 Å². The third kappa shape index (κ3) is 4.16. The van der Waals surface area contributed by atoms with Crippen LogP contribution in [0.15, 0.2) is 24.3 Å². The zero-order chi connectivity index (χ0) is 18.7. The van der Waals surface area contributed by atoms with Crippen molar-refractivity contribution in [1.82, 2.24) is 15.1 Å². The molecule has 138 valence electrons. The Morgan fingerprint density at radius 1 is 1.31 bits per heavy atom. The highest BCUT2D eigenvalue weighted by atomic mass is 32.1. The zero-order valence-electron chi connectivity index (χ0n) is 14.5. The molecule has 1 saturated heterocycles. The van der Waals surface area contributed by atoms with Crippen molar-refractivity contribution in [2.45, 2.75) is 38.6 Å². The first-order valence-corrected chi connectivity index (χ1v) is 9.23. The number of halogens is 1. The number of hydrogen-bond donors (Lipinski definition) is 2. The van der Waals surface area contributed by atoms with Crippen LogP contribution in [0.25, 0.3) is 0 Å². The van der Waals surface area contributed by atoms with Crippen LogP contribution in [0, 0.1) is 5.82 Å². The van der Waals surface area contributed by atoms with Crippen LogP contribution >= 0.6 is 11.3 Å². The van der Waals surface area contributed by atoms with Gasteiger partial charge in [0.1, 0.15) is 16.9 Å². The molecule has 1 unspecified atom stereocenters. The lowest BCUT2D eigenvalue weighted by molar-refractivity contribution is -0.119. The summed E-state index contributed by atoms with van der Waals surface area (Å²) in [5, 5.41) is 14.7. The number of aromatic nitrogens is 2. The standard InChI is InChI=1S/C17H20FN5O2S/c1-10(2)15-21-22-16(26-15)20-14(24)13-7-4-8-23(13)17(25)19-12-6-3-5-11(18)9-12/h3,5-6,9-10,13H,4,7-8H2,1-2H3,(H,19,25)(H,20,22,24). The van der Waals surface area contributed by atoms with Gasteiger partial charge in [0.15, 0.2) is 0 Å². The molecule has 1 aromatic carbocycles. The maximum atomic E-state index is 13.3. The molecule has 0 aliphatic carbocycles. The molecule has 7 nitrogen and oxygen atoms in total. The molecular weight excluding hydrogens is 357 g/mol. The van der Waals surface area contributed by atoms with E-state index >= 15 is 0 Å². The zero-order valence-corrected chi connectivity index (χ0v) is 15.3. The summed E-state index contributed by atoms with van der Waals surface area (Å²) in [4.78, 5) is 26.5. The van der Waals surface area contributed by atoms with E-state index in [0.717, 1.165) is 11.4 Å². The highest BCUT2D eigenvalue weighted by Crippen LogP contribution is 2.25. The summed E-state index contributed by atoms with van der Waals surface area (Å²) < 4.78 is 13.3. The second-order valence-corrected chi connectivity index (χ2v) is 7.39. The fourth-order valence-electron chi connectivity index (χ4n) is 2.75. The van der Waals surface area contributed by atoms with E-state index in [4.69, 9.17) is 0 Å². The largest absolute Gasteiger partial charge is 0.322 e. The molecule has 2 aromatic rings. The van der Waals surface area contributed by atoms with Crippen LogP contribution in [0.4, 0.5) is 20.0 Å². The van der Waals surface area contributed by atoms with E-state index in [9.17, 15) is 14.0 Å². The number of carbonyl (C=O) groups is 2. The van der Waals surface area contributed by atoms with Crippen LogP contribution in [-0.2, 0) is 4.79 Å². The number of hydrogen-bond acceptors (Lipinski definition) is 5. The second kappa shape index (κ2) is 7.77. The monoisotopic (exact) mass is 377 g/mol. The van der Waals surface area contributed by atoms with Crippen LogP contribution in [0.5, 0.6) is 0 Å². The highest BCUT2D eigenvalue weighted by Gasteiger charge is 2.34. The number of amides is 3. The molecule has 1 atom stereocenters. The van der Waals surface area contributed by atoms with Crippen molar-refractivity contribution < 1.29 is 14.0 Å². The van der Waals surface area contributed by atoms with Gasteiger partial charge in [-0.15, -0.1) is 10.2 Å². The van der Waals surface area contributed by atoms with Crippen molar-refractivity contribution in [3.8, 4) is 0 Å². The molecule has 2 heterocycles. The number of likely N-dealkylation sites (tertiary alicyclic amines) is 1. The van der Waals surface area contributed by atoms with Gasteiger partial charge in [0.05, 0.1) is 0 Å². The maximum absolute atomic E-state index is 13.3. The van der Waals surface area contributed by atoms with Gasteiger partial charge in [-0.05, 0) is 31.0 Å². The van der Waals surface area contributed by atoms with Gasteiger partial charge in [-0.3, -0.25) is 10.1 Å². The van der Waals surface area contributed by atoms with Crippen LogP contribution in [0.1, 0.15) is 37.6 Å². The van der Waals surface area contributed by atoms with Gasteiger partial charge in [0.2, 0.25) is 11.0 Å². The van der Waals surface area contributed by atoms with Gasteiger partial charge in [-0.1, -0.05) is 31.3 Å². The SMILES string of the molecule is CC(C)c1nnc(NC(=O)C2CCCN2C(=O)Nc2cccc(F)c2)s1. The van der Waals surface area contributed by atoms with Gasteiger partial charge in [-0.25, -0.2) is 9.18 Å². The first-order valence-electron chi connectivity index (χ1n) is 8.41. The fourth-order valence-corrected chi connectivity index (χ4v) is 3.50. The van der Waals surface area contributed by atoms with Crippen molar-refractivity contribution >= 4 is 34.1 Å². The van der Waals surface area contributed by atoms with Crippen LogP contribution in [-0.4, -0.2) is 39.6 Å². The number of benzene rings is 1. The van der Waals surface area contributed by atoms with E-state index in [1.54, 1.807) is 6.07 Å². The molecule has 2 N–H and O–H groups in total. The average Bonchev–Trinajstić information content (AvgIpc) is 3.24. The van der Waals surface area contributed by atoms with Crippen molar-refractivity contribution in [3.63, 3.8) is 0 Å². The number of nitrogens with zero attached hydrogens (tertiary/aromatic N) is 3. The van der Waals surface area contributed by atoms with E-state index in [2.05, 4.69) is 20.8 Å². The molecule has 26 heavy (non-hydrogen) atoms. The smallest absolute Gasteiger partial charge is 0.312 e. The van der Waals surface area contributed by atoms with E-state index in [0.29, 0.717) is 23.8 Å². The number of nitrogens with one attached hydrogen (secondary N) is 2. The molecule has 0 saturated carbocycles. The topological polar surface area (TPSA) is 87.2 Å². The first kappa shape index (κ1) is 18.2. The van der Waals surface area contributed by atoms with Crippen LogP contribution in [0.2, 0.25) is 0 Å². The molecule has 9 heteroatoms. The van der Waals surface area contributed by atoms with E-state index < -0.39 is 17.9 Å². The highest BCUT2D eigenvalue weighted by molar-refractivity contribution is 7.15. The van der Waals surface area contributed by atoms with Gasteiger partial charge in [0.25, 0.3) is 0 Å². The minimum atomic E-state index is -0.588. The summed E-state index contributed by atoms with van der Waals surface area (Å²) >= 11 is 1.33. The number of rotatable bonds is 4. The van der Waals surface area contributed by atoms with Crippen LogP contribution in [0.3, 0.4) is 0 Å². The molecule has 1 aliphatic heterocycles. The number of anilines is 2. The van der Waals surface area contributed by atoms with E-state index in [1.807, 2.05) is 13.8 Å². The Hall–Kier alpha value is -2.55. The van der Waals surface area contributed by atoms with Crippen molar-refractivity contribution in [2.24, 2.45) is 0 Å².